The summed E-state index contributed by atoms with van der Waals surface area (Å²) in [6, 6.07) is 0. The van der Waals surface area contributed by atoms with Gasteiger partial charge in [0.25, 0.3) is 0 Å². The van der Waals surface area contributed by atoms with Crippen LogP contribution in [0.15, 0.2) is 0 Å². The first-order valence-electron chi connectivity index (χ1n) is 52.8. The molecule has 1 aliphatic heterocycles. The summed E-state index contributed by atoms with van der Waals surface area (Å²) in [6.07, 6.45) is 89.1. The molecule has 27 aliphatic carbocycles. The molecule has 28 rings (SSSR count). The molecule has 28 aliphatic rings. The Morgan fingerprint density at radius 2 is 0.505 bits per heavy atom. The van der Waals surface area contributed by atoms with Crippen LogP contribution in [0.1, 0.15) is 480 Å². The van der Waals surface area contributed by atoms with Crippen molar-refractivity contribution in [1.29, 1.82) is 0 Å². The molecule has 1 heteroatoms. The number of likely N-dealkylation sites (tertiary alicyclic amines) is 1. The number of rotatable bonds is 1. The molecule has 28 fully saturated rings. The third-order valence-corrected chi connectivity index (χ3v) is 36.0. The third kappa shape index (κ3) is 30.1. The molecule has 20 bridgehead atoms. The highest BCUT2D eigenvalue weighted by atomic mass is 15.1. The maximum Gasteiger partial charge on any atom is 0.0301 e. The molecule has 0 amide bonds. The molecule has 1 heterocycles. The maximum absolute atomic E-state index is 8.08. The van der Waals surface area contributed by atoms with E-state index in [1.807, 2.05) is 20.8 Å². The number of nitrogens with zero attached hydrogens (tertiary/aromatic N) is 1. The van der Waals surface area contributed by atoms with Crippen molar-refractivity contribution in [2.75, 3.05) is 20.1 Å². The van der Waals surface area contributed by atoms with Gasteiger partial charge in [-0.1, -0.05) is 320 Å². The van der Waals surface area contributed by atoms with Crippen LogP contribution >= 0.6 is 0 Å². The molecule has 622 valence electrons. The minimum Gasteiger partial charge on any atom is -0.306 e. The van der Waals surface area contributed by atoms with Gasteiger partial charge >= 0.3 is 0 Å². The Morgan fingerprint density at radius 3 is 0.776 bits per heavy atom. The van der Waals surface area contributed by atoms with E-state index in [-0.39, 0.29) is 17.2 Å². The van der Waals surface area contributed by atoms with Crippen molar-refractivity contribution in [3.05, 3.63) is 0 Å². The lowest BCUT2D eigenvalue weighted by atomic mass is 9.49. The average Bonchev–Trinajstić information content (AvgIpc) is 1.69. The first-order chi connectivity index (χ1) is 53.1. The molecule has 0 N–H and O–H groups in total. The van der Waals surface area contributed by atoms with Crippen LogP contribution < -0.4 is 0 Å². The first-order valence-corrected chi connectivity index (χ1v) is 50.8. The monoisotopic (exact) mass is 1480 g/mol. The van der Waals surface area contributed by atoms with Gasteiger partial charge in [-0.15, -0.1) is 0 Å². The minimum absolute atomic E-state index is 0.0712. The number of hydrogen-bond donors (Lipinski definition) is 0. The zero-order valence-electron chi connectivity index (χ0n) is 78.6. The summed E-state index contributed by atoms with van der Waals surface area (Å²) in [7, 11) is 2.12. The van der Waals surface area contributed by atoms with Crippen LogP contribution in [0.25, 0.3) is 0 Å². The van der Waals surface area contributed by atoms with E-state index in [1.165, 1.54) is 210 Å². The Kier molecular flexibility index (Phi) is 35.0. The van der Waals surface area contributed by atoms with Crippen molar-refractivity contribution in [3.8, 4) is 0 Å². The zero-order chi connectivity index (χ0) is 78.7. The van der Waals surface area contributed by atoms with Gasteiger partial charge in [0.05, 0.1) is 0 Å². The van der Waals surface area contributed by atoms with E-state index in [4.69, 9.17) is 5.48 Å². The summed E-state index contributed by atoms with van der Waals surface area (Å²) in [4.78, 5) is 2.29. The SMILES string of the molecule is CC1C2CC1C2.CC1CC2CC(C1)C2.CC1CC2CCCC(CC2)C1.CC1CC2CCCC(CCC2)C1.C[C@@H]1CC2CC1C2.C[C@@H]1CCC2CCC(CC2)C1.C[C@@H]1CCC2CCCC(CC2)C1.C[C@@H]1CCC2CCCC(CCC2)C1.[2H]C([2H])(C)C12CC3CC(CC(C3)C1)C2.[2H]C1(C)CCCCC1.[2H]C1(C)CCN(C)CC1. The highest BCUT2D eigenvalue weighted by Crippen LogP contribution is 2.62. The molecule has 4 unspecified atom stereocenters. The standard InChI is InChI=1S/C13H24.C12H20.2C12H22.2C11H20.C8H14.C7H15N.C7H12.C7H14.C6H10/c1-11-8-9-12-4-2-6-13(10-11)7-3-5-12;1-2-12-6-9-3-10(7-12)5-11(4-9)8-12;1-10-8-11-4-2-5-12(9-10)7-3-6-11;1-10-5-6-11-3-2-4-12(9-10)8-7-11;1-9-2-3-10-4-6-11(8-9)7-5-10;1-9-7-10-3-2-4-11(8-9)6-5-10;1-6-2-7-4-8(3-6)5-7;1-7-3-5-8(2)6-4-7;1-5-2-6-3-7(5)4-6;1-7-5-3-2-4-6-7;1-4-5-2-6(4)3-5/h11-13H,2-10H2,1H3;9-11H,2-8H2,1H3;2*10-12H,2-9H2,1H3;2*9-11H,2-8H2,1H3;6-8H,2-5H2,1H3;7H,3-6H2,1-2H3;5-7H,2-4H2,1H3;7H,2-6H2,1H3;4-6H,2-3H2,1H3/t11-,12?,13?;;;10-,11?,12?;9-,10?,11?;;;;5-,6?,7?;;/m1..11...1../s1/i;2D2;;;;;;7D;;7D;. The van der Waals surface area contributed by atoms with Gasteiger partial charge in [0, 0.05) is 5.48 Å². The Hall–Kier alpha value is -0.0400. The van der Waals surface area contributed by atoms with Crippen molar-refractivity contribution in [1.82, 2.24) is 4.90 Å². The summed E-state index contributed by atoms with van der Waals surface area (Å²) in [5.74, 6) is 28.9. The Bertz CT molecular complexity index is 2400. The molecule has 0 aromatic carbocycles. The van der Waals surface area contributed by atoms with Gasteiger partial charge in [-0.3, -0.25) is 0 Å². The van der Waals surface area contributed by atoms with Gasteiger partial charge in [-0.25, -0.2) is 0 Å². The maximum atomic E-state index is 8.08. The fraction of sp³-hybridized carbons (Fsp3) is 1.00. The molecule has 1 saturated heterocycles. The van der Waals surface area contributed by atoms with Crippen molar-refractivity contribution in [2.24, 2.45) is 177 Å². The summed E-state index contributed by atoms with van der Waals surface area (Å²) >= 11 is 0. The fourth-order valence-electron chi connectivity index (χ4n) is 28.9. The summed E-state index contributed by atoms with van der Waals surface area (Å²) in [5.41, 5.74) is 0.0712. The van der Waals surface area contributed by atoms with Crippen LogP contribution in [0.4, 0.5) is 0 Å². The van der Waals surface area contributed by atoms with E-state index < -0.39 is 6.37 Å². The second-order valence-corrected chi connectivity index (χ2v) is 46.1. The molecular formula is C106H193N. The van der Waals surface area contributed by atoms with Crippen LogP contribution in [0.2, 0.25) is 0 Å². The summed E-state index contributed by atoms with van der Waals surface area (Å²) < 4.78 is 31.5. The number of hydrogen-bond acceptors (Lipinski definition) is 1. The first kappa shape index (κ1) is 82.1. The van der Waals surface area contributed by atoms with Gasteiger partial charge in [0.1, 0.15) is 0 Å². The topological polar surface area (TPSA) is 3.24 Å². The molecule has 107 heavy (non-hydrogen) atoms. The Morgan fingerprint density at radius 1 is 0.243 bits per heavy atom. The summed E-state index contributed by atoms with van der Waals surface area (Å²) in [6.45, 7) is 27.6. The number of fused-ring (bicyclic) bond motifs is 27. The molecule has 0 radical (unpaired) electrons. The predicted molar refractivity (Wildman–Crippen MR) is 470 cm³/mol. The van der Waals surface area contributed by atoms with Crippen molar-refractivity contribution in [3.63, 3.8) is 0 Å². The van der Waals surface area contributed by atoms with Crippen LogP contribution in [0, 0.1) is 177 Å². The molecule has 1 nitrogen and oxygen atoms in total. The zero-order valence-corrected chi connectivity index (χ0v) is 74.6. The molecule has 0 aromatic rings. The van der Waals surface area contributed by atoms with E-state index in [1.54, 1.807) is 173 Å². The van der Waals surface area contributed by atoms with Crippen LogP contribution in [0.3, 0.4) is 0 Å². The molecule has 0 aromatic heterocycles. The van der Waals surface area contributed by atoms with Crippen LogP contribution in [0.5, 0.6) is 0 Å². The van der Waals surface area contributed by atoms with Crippen molar-refractivity contribution in [2.45, 2.75) is 474 Å². The van der Waals surface area contributed by atoms with Crippen molar-refractivity contribution >= 4 is 0 Å². The fourth-order valence-corrected chi connectivity index (χ4v) is 28.9. The van der Waals surface area contributed by atoms with Crippen molar-refractivity contribution < 1.29 is 5.48 Å². The molecule has 0 spiro atoms. The minimum atomic E-state index is -0.941. The lowest BCUT2D eigenvalue weighted by Gasteiger charge is -2.56. The molecule has 27 saturated carbocycles. The van der Waals surface area contributed by atoms with E-state index in [2.05, 4.69) is 67.3 Å². The summed E-state index contributed by atoms with van der Waals surface area (Å²) in [5, 5.41) is 0. The Labute approximate surface area is 677 Å². The second-order valence-electron chi connectivity index (χ2n) is 46.1. The third-order valence-electron chi connectivity index (χ3n) is 36.0. The van der Waals surface area contributed by atoms with E-state index >= 15 is 0 Å². The molecule has 8 atom stereocenters. The largest absolute Gasteiger partial charge is 0.306 e. The highest BCUT2D eigenvalue weighted by molar-refractivity contribution is 5.01. The van der Waals surface area contributed by atoms with E-state index in [0.29, 0.717) is 0 Å². The van der Waals surface area contributed by atoms with Gasteiger partial charge < -0.3 is 4.90 Å². The second kappa shape index (κ2) is 45.6. The smallest absolute Gasteiger partial charge is 0.0301 e. The lowest BCUT2D eigenvalue weighted by Crippen LogP contribution is -2.48. The average molecular weight is 1490 g/mol. The van der Waals surface area contributed by atoms with Gasteiger partial charge in [0.2, 0.25) is 0 Å². The highest BCUT2D eigenvalue weighted by Gasteiger charge is 2.50. The van der Waals surface area contributed by atoms with E-state index in [9.17, 15) is 0 Å². The van der Waals surface area contributed by atoms with Gasteiger partial charge in [0.15, 0.2) is 0 Å². The van der Waals surface area contributed by atoms with E-state index in [0.717, 1.165) is 181 Å². The van der Waals surface area contributed by atoms with Gasteiger partial charge in [-0.05, 0) is 351 Å². The molecular weight excluding hydrogens is 1290 g/mol. The normalized spacial score (nSPS) is 46.4. The van der Waals surface area contributed by atoms with Gasteiger partial charge in [-0.2, -0.15) is 0 Å². The van der Waals surface area contributed by atoms with Crippen LogP contribution in [-0.4, -0.2) is 25.0 Å². The lowest BCUT2D eigenvalue weighted by molar-refractivity contribution is -0.0673. The predicted octanol–water partition coefficient (Wildman–Crippen LogP) is 33.3. The quantitative estimate of drug-likeness (QED) is 0.253. The van der Waals surface area contributed by atoms with Crippen LogP contribution in [-0.2, 0) is 0 Å². The Balaban J connectivity index is 0.000000122. The number of piperidine rings is 1.